The third kappa shape index (κ3) is 3.39. The van der Waals surface area contributed by atoms with Gasteiger partial charge in [0.25, 0.3) is 0 Å². The summed E-state index contributed by atoms with van der Waals surface area (Å²) >= 11 is 0. The molecule has 0 bridgehead atoms. The Balaban J connectivity index is 1.48. The number of halogens is 3. The second-order valence-electron chi connectivity index (χ2n) is 6.87. The Kier molecular flexibility index (Phi) is 4.33. The largest absolute Gasteiger partial charge is 0.471 e. The van der Waals surface area contributed by atoms with Gasteiger partial charge >= 0.3 is 6.18 Å². The van der Waals surface area contributed by atoms with Crippen LogP contribution in [0.2, 0.25) is 0 Å². The molecule has 2 aliphatic rings. The quantitative estimate of drug-likeness (QED) is 0.820. The van der Waals surface area contributed by atoms with E-state index in [1.807, 2.05) is 29.8 Å². The highest BCUT2D eigenvalue weighted by atomic mass is 19.4. The van der Waals surface area contributed by atoms with Crippen LogP contribution in [0.25, 0.3) is 0 Å². The maximum atomic E-state index is 12.7. The fourth-order valence-electron chi connectivity index (χ4n) is 3.44. The zero-order valence-corrected chi connectivity index (χ0v) is 15.1. The fourth-order valence-corrected chi connectivity index (χ4v) is 3.44. The molecule has 0 N–H and O–H groups in total. The highest BCUT2D eigenvalue weighted by Crippen LogP contribution is 2.31. The lowest BCUT2D eigenvalue weighted by Crippen LogP contribution is -2.34. The van der Waals surface area contributed by atoms with Crippen LogP contribution < -0.4 is 0 Å². The Morgan fingerprint density at radius 1 is 1.26 bits per heavy atom. The molecule has 2 aromatic heterocycles. The van der Waals surface area contributed by atoms with Crippen LogP contribution in [0.4, 0.5) is 13.2 Å². The second kappa shape index (κ2) is 6.56. The van der Waals surface area contributed by atoms with Gasteiger partial charge in [-0.2, -0.15) is 18.3 Å². The van der Waals surface area contributed by atoms with Crippen molar-refractivity contribution in [2.75, 3.05) is 13.6 Å². The van der Waals surface area contributed by atoms with E-state index in [9.17, 15) is 13.2 Å². The SMILES string of the molecule is Cc1c(C2OC=CN2C)nn2c1CN(Cc1ccc(C(F)(F)F)cn1)CC2. The highest BCUT2D eigenvalue weighted by molar-refractivity contribution is 5.28. The molecule has 2 aromatic rings. The minimum absolute atomic E-state index is 0.215. The molecule has 144 valence electrons. The van der Waals surface area contributed by atoms with Gasteiger partial charge in [0.1, 0.15) is 12.0 Å². The maximum Gasteiger partial charge on any atom is 0.417 e. The monoisotopic (exact) mass is 379 g/mol. The molecular formula is C18H20F3N5O. The van der Waals surface area contributed by atoms with Crippen molar-refractivity contribution in [1.82, 2.24) is 24.6 Å². The van der Waals surface area contributed by atoms with Crippen molar-refractivity contribution in [2.24, 2.45) is 0 Å². The number of rotatable bonds is 3. The predicted molar refractivity (Wildman–Crippen MR) is 91.0 cm³/mol. The highest BCUT2D eigenvalue weighted by Gasteiger charge is 2.31. The number of nitrogens with zero attached hydrogens (tertiary/aromatic N) is 5. The van der Waals surface area contributed by atoms with Crippen LogP contribution in [0.15, 0.2) is 30.8 Å². The first kappa shape index (κ1) is 17.8. The third-order valence-corrected chi connectivity index (χ3v) is 5.00. The van der Waals surface area contributed by atoms with Crippen LogP contribution in [0.5, 0.6) is 0 Å². The first-order chi connectivity index (χ1) is 12.8. The molecule has 0 fully saturated rings. The van der Waals surface area contributed by atoms with Gasteiger partial charge in [0.15, 0.2) is 0 Å². The van der Waals surface area contributed by atoms with Crippen LogP contribution in [-0.4, -0.2) is 38.2 Å². The van der Waals surface area contributed by atoms with E-state index in [-0.39, 0.29) is 6.23 Å². The predicted octanol–water partition coefficient (Wildman–Crippen LogP) is 3.05. The van der Waals surface area contributed by atoms with E-state index in [4.69, 9.17) is 9.84 Å². The summed E-state index contributed by atoms with van der Waals surface area (Å²) in [6, 6.07) is 2.53. The molecule has 27 heavy (non-hydrogen) atoms. The van der Waals surface area contributed by atoms with Gasteiger partial charge in [-0.25, -0.2) is 0 Å². The van der Waals surface area contributed by atoms with E-state index in [0.717, 1.165) is 42.3 Å². The van der Waals surface area contributed by atoms with Crippen LogP contribution in [0.3, 0.4) is 0 Å². The topological polar surface area (TPSA) is 46.4 Å². The van der Waals surface area contributed by atoms with Gasteiger partial charge in [0, 0.05) is 44.6 Å². The van der Waals surface area contributed by atoms with Gasteiger partial charge in [0.05, 0.1) is 23.5 Å². The first-order valence-corrected chi connectivity index (χ1v) is 8.67. The Morgan fingerprint density at radius 2 is 2.07 bits per heavy atom. The van der Waals surface area contributed by atoms with E-state index in [1.54, 1.807) is 6.26 Å². The van der Waals surface area contributed by atoms with Gasteiger partial charge < -0.3 is 9.64 Å². The van der Waals surface area contributed by atoms with E-state index in [2.05, 4.69) is 9.88 Å². The average Bonchev–Trinajstić information content (AvgIpc) is 3.18. The number of hydrogen-bond donors (Lipinski definition) is 0. The first-order valence-electron chi connectivity index (χ1n) is 8.67. The van der Waals surface area contributed by atoms with Crippen molar-refractivity contribution in [1.29, 1.82) is 0 Å². The zero-order valence-electron chi connectivity index (χ0n) is 15.1. The van der Waals surface area contributed by atoms with Crippen LogP contribution in [0.1, 0.15) is 34.4 Å². The molecule has 0 spiro atoms. The Labute approximate surface area is 154 Å². The normalized spacial score (nSPS) is 20.0. The number of hydrogen-bond acceptors (Lipinski definition) is 5. The molecule has 0 aliphatic carbocycles. The van der Waals surface area contributed by atoms with E-state index in [1.165, 1.54) is 6.07 Å². The standard InChI is InChI=1S/C18H20F3N5O/c1-12-15-11-25(10-14-4-3-13(9-22-14)18(19,20)21)5-6-26(15)23-16(12)17-24(2)7-8-27-17/h3-4,7-9,17H,5-6,10-11H2,1-2H3. The average molecular weight is 379 g/mol. The van der Waals surface area contributed by atoms with Gasteiger partial charge in [0.2, 0.25) is 6.23 Å². The number of aromatic nitrogens is 3. The summed E-state index contributed by atoms with van der Waals surface area (Å²) in [5.74, 6) is 0. The van der Waals surface area contributed by atoms with Gasteiger partial charge in [-0.1, -0.05) is 0 Å². The molecule has 6 nitrogen and oxygen atoms in total. The summed E-state index contributed by atoms with van der Waals surface area (Å²) in [6.45, 7) is 4.69. The van der Waals surface area contributed by atoms with E-state index >= 15 is 0 Å². The maximum absolute atomic E-state index is 12.7. The Hall–Kier alpha value is -2.55. The molecule has 0 saturated carbocycles. The van der Waals surface area contributed by atoms with Crippen LogP contribution in [0, 0.1) is 6.92 Å². The lowest BCUT2D eigenvalue weighted by molar-refractivity contribution is -0.137. The van der Waals surface area contributed by atoms with Crippen molar-refractivity contribution in [3.05, 3.63) is 59.0 Å². The second-order valence-corrected chi connectivity index (χ2v) is 6.87. The molecule has 2 aliphatic heterocycles. The number of alkyl halides is 3. The molecule has 1 atom stereocenters. The summed E-state index contributed by atoms with van der Waals surface area (Å²) < 4.78 is 45.6. The van der Waals surface area contributed by atoms with Crippen molar-refractivity contribution in [2.45, 2.75) is 39.0 Å². The summed E-state index contributed by atoms with van der Waals surface area (Å²) in [6.07, 6.45) is -0.155. The minimum atomic E-state index is -4.36. The van der Waals surface area contributed by atoms with Crippen molar-refractivity contribution >= 4 is 0 Å². The van der Waals surface area contributed by atoms with Gasteiger partial charge in [-0.15, -0.1) is 0 Å². The van der Waals surface area contributed by atoms with Crippen LogP contribution in [-0.2, 0) is 30.5 Å². The zero-order chi connectivity index (χ0) is 19.2. The third-order valence-electron chi connectivity index (χ3n) is 5.00. The van der Waals surface area contributed by atoms with E-state index < -0.39 is 11.7 Å². The number of ether oxygens (including phenoxy) is 1. The Morgan fingerprint density at radius 3 is 2.70 bits per heavy atom. The smallest absolute Gasteiger partial charge is 0.417 e. The summed E-state index contributed by atoms with van der Waals surface area (Å²) in [5, 5.41) is 4.71. The fraction of sp³-hybridized carbons (Fsp3) is 0.444. The van der Waals surface area contributed by atoms with Crippen LogP contribution >= 0.6 is 0 Å². The van der Waals surface area contributed by atoms with Gasteiger partial charge in [-0.3, -0.25) is 14.6 Å². The number of pyridine rings is 1. The molecule has 4 rings (SSSR count). The molecule has 0 aromatic carbocycles. The number of fused-ring (bicyclic) bond motifs is 1. The molecule has 0 amide bonds. The van der Waals surface area contributed by atoms with Gasteiger partial charge in [-0.05, 0) is 19.1 Å². The summed E-state index contributed by atoms with van der Waals surface area (Å²) in [4.78, 5) is 8.11. The molecule has 0 radical (unpaired) electrons. The van der Waals surface area contributed by atoms with E-state index in [0.29, 0.717) is 18.8 Å². The lowest BCUT2D eigenvalue weighted by Gasteiger charge is -2.27. The summed E-state index contributed by atoms with van der Waals surface area (Å²) in [7, 11) is 1.94. The van der Waals surface area contributed by atoms with Crippen molar-refractivity contribution in [3.8, 4) is 0 Å². The molecular weight excluding hydrogens is 359 g/mol. The Bertz CT molecular complexity index is 859. The van der Waals surface area contributed by atoms with Crippen molar-refractivity contribution in [3.63, 3.8) is 0 Å². The lowest BCUT2D eigenvalue weighted by atomic mass is 10.1. The summed E-state index contributed by atoms with van der Waals surface area (Å²) in [5.41, 5.74) is 2.98. The molecule has 4 heterocycles. The molecule has 0 saturated heterocycles. The minimum Gasteiger partial charge on any atom is -0.471 e. The van der Waals surface area contributed by atoms with Crippen molar-refractivity contribution < 1.29 is 17.9 Å². The molecule has 9 heteroatoms. The molecule has 1 unspecified atom stereocenters.